The summed E-state index contributed by atoms with van der Waals surface area (Å²) in [6.07, 6.45) is 1.21. The van der Waals surface area contributed by atoms with Gasteiger partial charge in [-0.3, -0.25) is 19.2 Å². The van der Waals surface area contributed by atoms with Gasteiger partial charge in [-0.25, -0.2) is 13.8 Å². The molecule has 11 nitrogen and oxygen atoms in total. The highest BCUT2D eigenvalue weighted by Gasteiger charge is 2.27. The van der Waals surface area contributed by atoms with Gasteiger partial charge in [0.1, 0.15) is 12.3 Å². The number of amides is 1. The number of methoxy groups -OCH3 is 2. The molecule has 0 spiro atoms. The third-order valence-corrected chi connectivity index (χ3v) is 6.85. The predicted octanol–water partition coefficient (Wildman–Crippen LogP) is 3.27. The first-order valence-electron chi connectivity index (χ1n) is 10.5. The van der Waals surface area contributed by atoms with E-state index in [0.717, 1.165) is 9.87 Å². The van der Waals surface area contributed by atoms with Crippen molar-refractivity contribution >= 4 is 33.5 Å². The van der Waals surface area contributed by atoms with Crippen LogP contribution in [0.2, 0.25) is 0 Å². The normalized spacial score (nSPS) is 11.2. The summed E-state index contributed by atoms with van der Waals surface area (Å²) >= 11 is 0. The highest BCUT2D eigenvalue weighted by atomic mass is 32.2. The van der Waals surface area contributed by atoms with Gasteiger partial charge >= 0.3 is 5.69 Å². The van der Waals surface area contributed by atoms with E-state index in [0.29, 0.717) is 17.0 Å². The average Bonchev–Trinajstić information content (AvgIpc) is 2.87. The van der Waals surface area contributed by atoms with E-state index in [1.165, 1.54) is 62.9 Å². The molecule has 0 aromatic heterocycles. The third kappa shape index (κ3) is 6.16. The summed E-state index contributed by atoms with van der Waals surface area (Å²) in [4.78, 5) is 23.2. The maximum atomic E-state index is 13.4. The van der Waals surface area contributed by atoms with Crippen LogP contribution in [0.4, 0.5) is 11.4 Å². The Morgan fingerprint density at radius 1 is 1.06 bits per heavy atom. The molecule has 0 saturated heterocycles. The maximum absolute atomic E-state index is 13.4. The van der Waals surface area contributed by atoms with E-state index >= 15 is 0 Å². The van der Waals surface area contributed by atoms with Crippen LogP contribution in [0.5, 0.6) is 11.5 Å². The van der Waals surface area contributed by atoms with Gasteiger partial charge in [0.15, 0.2) is 5.75 Å². The van der Waals surface area contributed by atoms with Gasteiger partial charge in [-0.2, -0.15) is 5.10 Å². The summed E-state index contributed by atoms with van der Waals surface area (Å²) in [5.41, 5.74) is 3.55. The summed E-state index contributed by atoms with van der Waals surface area (Å²) < 4.78 is 37.8. The van der Waals surface area contributed by atoms with Gasteiger partial charge in [0.25, 0.3) is 15.9 Å². The molecule has 1 N–H and O–H groups in total. The zero-order valence-electron chi connectivity index (χ0n) is 19.7. The number of benzene rings is 3. The molecule has 0 aliphatic carbocycles. The number of aryl methyl sites for hydroxylation is 1. The lowest BCUT2D eigenvalue weighted by Crippen LogP contribution is -2.39. The lowest BCUT2D eigenvalue weighted by molar-refractivity contribution is -0.385. The number of nitro groups is 1. The van der Waals surface area contributed by atoms with Gasteiger partial charge in [0.05, 0.1) is 35.9 Å². The Morgan fingerprint density at radius 2 is 1.72 bits per heavy atom. The quantitative estimate of drug-likeness (QED) is 0.250. The molecule has 1 amide bonds. The van der Waals surface area contributed by atoms with Crippen LogP contribution in [0, 0.1) is 17.0 Å². The molecule has 0 unspecified atom stereocenters. The van der Waals surface area contributed by atoms with Crippen molar-refractivity contribution in [2.75, 3.05) is 25.1 Å². The second kappa shape index (κ2) is 11.3. The number of anilines is 1. The van der Waals surface area contributed by atoms with Crippen molar-refractivity contribution in [1.82, 2.24) is 5.43 Å². The summed E-state index contributed by atoms with van der Waals surface area (Å²) in [6.45, 7) is 1.30. The van der Waals surface area contributed by atoms with Crippen molar-refractivity contribution in [3.8, 4) is 11.5 Å². The second-order valence-corrected chi connectivity index (χ2v) is 9.37. The number of nitrogens with one attached hydrogen (secondary N) is 1. The molecular formula is C24H24N4O7S. The van der Waals surface area contributed by atoms with Crippen LogP contribution in [0.1, 0.15) is 11.1 Å². The molecule has 0 aliphatic rings. The van der Waals surface area contributed by atoms with Gasteiger partial charge in [-0.15, -0.1) is 0 Å². The Bertz CT molecular complexity index is 1370. The van der Waals surface area contributed by atoms with E-state index in [4.69, 9.17) is 9.47 Å². The minimum Gasteiger partial charge on any atom is -0.497 e. The van der Waals surface area contributed by atoms with Crippen molar-refractivity contribution in [2.45, 2.75) is 11.8 Å². The van der Waals surface area contributed by atoms with Crippen LogP contribution in [-0.2, 0) is 14.8 Å². The highest BCUT2D eigenvalue weighted by Crippen LogP contribution is 2.27. The number of nitrogens with zero attached hydrogens (tertiary/aromatic N) is 3. The fourth-order valence-corrected chi connectivity index (χ4v) is 4.60. The highest BCUT2D eigenvalue weighted by molar-refractivity contribution is 7.92. The number of carbonyl (C=O) groups is 1. The van der Waals surface area contributed by atoms with Crippen LogP contribution in [-0.4, -0.2) is 46.2 Å². The fraction of sp³-hybridized carbons (Fsp3) is 0.167. The number of nitro benzene ring substituents is 1. The summed E-state index contributed by atoms with van der Waals surface area (Å²) in [6, 6.07) is 16.6. The molecule has 3 aromatic rings. The Hall–Kier alpha value is -4.45. The summed E-state index contributed by atoms with van der Waals surface area (Å²) in [7, 11) is -1.33. The molecule has 0 heterocycles. The van der Waals surface area contributed by atoms with Crippen LogP contribution in [0.3, 0.4) is 0 Å². The average molecular weight is 513 g/mol. The molecule has 0 radical (unpaired) electrons. The van der Waals surface area contributed by atoms with Crippen molar-refractivity contribution in [3.05, 3.63) is 88.0 Å². The number of rotatable bonds is 10. The van der Waals surface area contributed by atoms with Gasteiger partial charge in [0.2, 0.25) is 0 Å². The molecule has 0 fully saturated rings. The van der Waals surface area contributed by atoms with Crippen LogP contribution >= 0.6 is 0 Å². The van der Waals surface area contributed by atoms with E-state index in [2.05, 4.69) is 10.5 Å². The number of hydrogen-bond acceptors (Lipinski definition) is 8. The second-order valence-electron chi connectivity index (χ2n) is 7.50. The molecule has 36 heavy (non-hydrogen) atoms. The van der Waals surface area contributed by atoms with E-state index in [-0.39, 0.29) is 16.3 Å². The smallest absolute Gasteiger partial charge is 0.311 e. The minimum atomic E-state index is -4.11. The third-order valence-electron chi connectivity index (χ3n) is 5.06. The summed E-state index contributed by atoms with van der Waals surface area (Å²) in [5, 5.41) is 15.0. The molecular weight excluding hydrogens is 488 g/mol. The zero-order valence-corrected chi connectivity index (χ0v) is 20.6. The van der Waals surface area contributed by atoms with Crippen molar-refractivity contribution in [2.24, 2.45) is 5.10 Å². The Kier molecular flexibility index (Phi) is 8.22. The minimum absolute atomic E-state index is 0.0225. The first-order valence-corrected chi connectivity index (χ1v) is 12.0. The van der Waals surface area contributed by atoms with E-state index in [1.54, 1.807) is 24.3 Å². The number of hydrazone groups is 1. The molecule has 0 bridgehead atoms. The lowest BCUT2D eigenvalue weighted by Gasteiger charge is -2.24. The number of sulfonamides is 1. The summed E-state index contributed by atoms with van der Waals surface area (Å²) in [5.74, 6) is -0.146. The number of hydrogen-bond donors (Lipinski definition) is 1. The molecule has 3 aromatic carbocycles. The fourth-order valence-electron chi connectivity index (χ4n) is 3.18. The molecule has 0 atom stereocenters. The van der Waals surface area contributed by atoms with Gasteiger partial charge in [-0.05, 0) is 55.5 Å². The van der Waals surface area contributed by atoms with Crippen molar-refractivity contribution in [1.29, 1.82) is 0 Å². The van der Waals surface area contributed by atoms with Gasteiger partial charge < -0.3 is 9.47 Å². The van der Waals surface area contributed by atoms with Crippen molar-refractivity contribution in [3.63, 3.8) is 0 Å². The van der Waals surface area contributed by atoms with Gasteiger partial charge in [0, 0.05) is 11.6 Å². The monoisotopic (exact) mass is 512 g/mol. The number of carbonyl (C=O) groups excluding carboxylic acids is 1. The molecule has 188 valence electrons. The largest absolute Gasteiger partial charge is 0.497 e. The molecule has 0 saturated carbocycles. The van der Waals surface area contributed by atoms with E-state index in [9.17, 15) is 23.3 Å². The van der Waals surface area contributed by atoms with Gasteiger partial charge in [-0.1, -0.05) is 17.7 Å². The maximum Gasteiger partial charge on any atom is 0.311 e. The Morgan fingerprint density at radius 3 is 2.31 bits per heavy atom. The first-order chi connectivity index (χ1) is 17.1. The lowest BCUT2D eigenvalue weighted by atomic mass is 10.2. The zero-order chi connectivity index (χ0) is 26.3. The van der Waals surface area contributed by atoms with Crippen LogP contribution < -0.4 is 19.2 Å². The van der Waals surface area contributed by atoms with Crippen molar-refractivity contribution < 1.29 is 27.6 Å². The standard InChI is InChI=1S/C24H24N4O7S/c1-17-4-7-19(8-5-17)27(36(32,33)21-11-9-20(34-2)10-12-21)16-24(29)26-25-15-18-6-13-23(35-3)22(14-18)28(30)31/h4-15H,16H2,1-3H3,(H,26,29)/b25-15+. The van der Waals surface area contributed by atoms with Crippen LogP contribution in [0.25, 0.3) is 0 Å². The number of ether oxygens (including phenoxy) is 2. The van der Waals surface area contributed by atoms with E-state index in [1.807, 2.05) is 6.92 Å². The predicted molar refractivity (Wildman–Crippen MR) is 134 cm³/mol. The van der Waals surface area contributed by atoms with Crippen LogP contribution in [0.15, 0.2) is 76.7 Å². The molecule has 3 rings (SSSR count). The first kappa shape index (κ1) is 26.2. The topological polar surface area (TPSA) is 140 Å². The molecule has 0 aliphatic heterocycles. The Labute approximate surface area is 208 Å². The molecule has 12 heteroatoms. The van der Waals surface area contributed by atoms with E-state index < -0.39 is 27.4 Å². The SMILES string of the molecule is COc1ccc(S(=O)(=O)N(CC(=O)N/N=C/c2ccc(OC)c([N+](=O)[O-])c2)c2ccc(C)cc2)cc1. The Balaban J connectivity index is 1.82.